The summed E-state index contributed by atoms with van der Waals surface area (Å²) in [7, 11) is 0. The molecule has 0 radical (unpaired) electrons. The van der Waals surface area contributed by atoms with Gasteiger partial charge in [-0.05, 0) is 37.0 Å². The van der Waals surface area contributed by atoms with E-state index in [0.29, 0.717) is 5.56 Å². The minimum Gasteiger partial charge on any atom is -0.454 e. The molecule has 0 amide bonds. The van der Waals surface area contributed by atoms with E-state index in [-0.39, 0.29) is 12.1 Å². The second kappa shape index (κ2) is 9.86. The Kier molecular flexibility index (Phi) is 7.47. The number of aryl methyl sites for hydroxylation is 1. The topological polar surface area (TPSA) is 39.2 Å². The molecule has 0 saturated heterocycles. The molecule has 2 rings (SSSR count). The zero-order valence-electron chi connectivity index (χ0n) is 14.7. The number of ether oxygens (including phenoxy) is 1. The Balaban J connectivity index is 1.92. The first-order valence-corrected chi connectivity index (χ1v) is 8.95. The van der Waals surface area contributed by atoms with E-state index in [1.54, 1.807) is 6.20 Å². The molecule has 0 bridgehead atoms. The predicted octanol–water partition coefficient (Wildman–Crippen LogP) is 5.51. The number of carbonyl (C=O) groups is 1. The first kappa shape index (κ1) is 18.2. The van der Waals surface area contributed by atoms with Crippen LogP contribution in [0.3, 0.4) is 0 Å². The average Bonchev–Trinajstić information content (AvgIpc) is 2.64. The number of pyridine rings is 1. The van der Waals surface area contributed by atoms with Crippen molar-refractivity contribution in [3.63, 3.8) is 0 Å². The zero-order chi connectivity index (χ0) is 17.2. The maximum atomic E-state index is 12.3. The summed E-state index contributed by atoms with van der Waals surface area (Å²) in [4.78, 5) is 16.7. The number of hydrogen-bond donors (Lipinski definition) is 0. The Morgan fingerprint density at radius 1 is 1.04 bits per heavy atom. The monoisotopic (exact) mass is 325 g/mol. The van der Waals surface area contributed by atoms with E-state index < -0.39 is 0 Å². The number of aromatic nitrogens is 1. The summed E-state index contributed by atoms with van der Waals surface area (Å²) in [5, 5.41) is 0. The van der Waals surface area contributed by atoms with Gasteiger partial charge in [-0.2, -0.15) is 0 Å². The van der Waals surface area contributed by atoms with Gasteiger partial charge in [0.1, 0.15) is 6.10 Å². The molecule has 1 aromatic carbocycles. The molecule has 1 unspecified atom stereocenters. The molecule has 0 spiro atoms. The summed E-state index contributed by atoms with van der Waals surface area (Å²) in [6.07, 6.45) is 8.02. The van der Waals surface area contributed by atoms with E-state index in [1.807, 2.05) is 49.4 Å². The third kappa shape index (κ3) is 5.48. The first-order valence-electron chi connectivity index (χ1n) is 8.95. The van der Waals surface area contributed by atoms with E-state index in [1.165, 1.54) is 19.3 Å². The summed E-state index contributed by atoms with van der Waals surface area (Å²) in [6.45, 7) is 4.22. The molecule has 1 aromatic heterocycles. The van der Waals surface area contributed by atoms with Crippen molar-refractivity contribution in [3.05, 3.63) is 65.5 Å². The number of esters is 1. The molecule has 2 aromatic rings. The Hall–Kier alpha value is -2.16. The number of carbonyl (C=O) groups excluding carboxylic acids is 1. The molecule has 0 aliphatic heterocycles. The summed E-state index contributed by atoms with van der Waals surface area (Å²) < 4.78 is 5.65. The normalized spacial score (nSPS) is 11.9. The van der Waals surface area contributed by atoms with Crippen LogP contribution < -0.4 is 0 Å². The Labute approximate surface area is 145 Å². The lowest BCUT2D eigenvalue weighted by molar-refractivity contribution is 0.0287. The lowest BCUT2D eigenvalue weighted by Crippen LogP contribution is -2.11. The molecule has 3 heteroatoms. The van der Waals surface area contributed by atoms with Crippen LogP contribution in [0, 0.1) is 0 Å². The van der Waals surface area contributed by atoms with Crippen LogP contribution in [0.4, 0.5) is 0 Å². The highest BCUT2D eigenvalue weighted by Gasteiger charge is 2.16. The summed E-state index contributed by atoms with van der Waals surface area (Å²) in [5.41, 5.74) is 2.58. The van der Waals surface area contributed by atoms with Crippen LogP contribution in [0.1, 0.15) is 73.7 Å². The molecular formula is C21H27NO2. The molecule has 128 valence electrons. The molecule has 1 heterocycles. The number of benzene rings is 1. The Morgan fingerprint density at radius 3 is 2.46 bits per heavy atom. The second-order valence-electron chi connectivity index (χ2n) is 6.06. The predicted molar refractivity (Wildman–Crippen MR) is 97.0 cm³/mol. The van der Waals surface area contributed by atoms with Crippen molar-refractivity contribution < 1.29 is 9.53 Å². The average molecular weight is 325 g/mol. The van der Waals surface area contributed by atoms with Gasteiger partial charge in [-0.15, -0.1) is 0 Å². The van der Waals surface area contributed by atoms with Crippen LogP contribution in [-0.2, 0) is 11.2 Å². The van der Waals surface area contributed by atoms with Crippen molar-refractivity contribution >= 4 is 5.97 Å². The Morgan fingerprint density at radius 2 is 1.83 bits per heavy atom. The molecule has 0 aliphatic rings. The van der Waals surface area contributed by atoms with Crippen LogP contribution in [0.5, 0.6) is 0 Å². The van der Waals surface area contributed by atoms with Crippen molar-refractivity contribution in [2.24, 2.45) is 0 Å². The quantitative estimate of drug-likeness (QED) is 0.450. The fraction of sp³-hybridized carbons (Fsp3) is 0.429. The van der Waals surface area contributed by atoms with Crippen molar-refractivity contribution in [3.8, 4) is 0 Å². The van der Waals surface area contributed by atoms with Gasteiger partial charge < -0.3 is 4.74 Å². The van der Waals surface area contributed by atoms with Crippen LogP contribution in [0.2, 0.25) is 0 Å². The minimum atomic E-state index is -0.310. The Bertz CT molecular complexity index is 607. The van der Waals surface area contributed by atoms with Gasteiger partial charge in [0.2, 0.25) is 0 Å². The third-order valence-corrected chi connectivity index (χ3v) is 4.14. The number of rotatable bonds is 9. The van der Waals surface area contributed by atoms with E-state index in [9.17, 15) is 4.79 Å². The van der Waals surface area contributed by atoms with Gasteiger partial charge in [0.25, 0.3) is 0 Å². The first-order chi connectivity index (χ1) is 11.7. The van der Waals surface area contributed by atoms with Crippen LogP contribution in [-0.4, -0.2) is 11.0 Å². The standard InChI is InChI=1S/C21H27NO2/c1-3-5-6-10-13-19-15-14-18(16-22-19)21(23)24-20(4-2)17-11-8-7-9-12-17/h7-9,11-12,14-16,20H,3-6,10,13H2,1-2H3. The highest BCUT2D eigenvalue weighted by molar-refractivity contribution is 5.89. The zero-order valence-corrected chi connectivity index (χ0v) is 14.7. The lowest BCUT2D eigenvalue weighted by Gasteiger charge is -2.16. The molecule has 0 aliphatic carbocycles. The number of unbranched alkanes of at least 4 members (excludes halogenated alkanes) is 3. The van der Waals surface area contributed by atoms with Crippen LogP contribution in [0.15, 0.2) is 48.7 Å². The summed E-state index contributed by atoms with van der Waals surface area (Å²) in [6, 6.07) is 13.6. The van der Waals surface area contributed by atoms with Gasteiger partial charge in [0.15, 0.2) is 0 Å². The fourth-order valence-corrected chi connectivity index (χ4v) is 2.68. The SMILES string of the molecule is CCCCCCc1ccc(C(=O)OC(CC)c2ccccc2)cn1. The van der Waals surface area contributed by atoms with Crippen molar-refractivity contribution in [1.29, 1.82) is 0 Å². The van der Waals surface area contributed by atoms with Gasteiger partial charge >= 0.3 is 5.97 Å². The highest BCUT2D eigenvalue weighted by atomic mass is 16.5. The number of hydrogen-bond acceptors (Lipinski definition) is 3. The van der Waals surface area contributed by atoms with Crippen LogP contribution in [0.25, 0.3) is 0 Å². The van der Waals surface area contributed by atoms with Crippen molar-refractivity contribution in [1.82, 2.24) is 4.98 Å². The number of nitrogens with zero attached hydrogens (tertiary/aromatic N) is 1. The lowest BCUT2D eigenvalue weighted by atomic mass is 10.1. The van der Waals surface area contributed by atoms with E-state index in [2.05, 4.69) is 11.9 Å². The minimum absolute atomic E-state index is 0.215. The maximum Gasteiger partial charge on any atom is 0.340 e. The van der Waals surface area contributed by atoms with Crippen molar-refractivity contribution in [2.45, 2.75) is 58.5 Å². The highest BCUT2D eigenvalue weighted by Crippen LogP contribution is 2.22. The largest absolute Gasteiger partial charge is 0.454 e. The molecule has 0 saturated carbocycles. The second-order valence-corrected chi connectivity index (χ2v) is 6.06. The molecule has 24 heavy (non-hydrogen) atoms. The maximum absolute atomic E-state index is 12.3. The fourth-order valence-electron chi connectivity index (χ4n) is 2.68. The van der Waals surface area contributed by atoms with Gasteiger partial charge in [0, 0.05) is 11.9 Å². The van der Waals surface area contributed by atoms with E-state index in [0.717, 1.165) is 30.5 Å². The van der Waals surface area contributed by atoms with Crippen LogP contribution >= 0.6 is 0 Å². The van der Waals surface area contributed by atoms with E-state index >= 15 is 0 Å². The molecule has 0 N–H and O–H groups in total. The molecular weight excluding hydrogens is 298 g/mol. The summed E-state index contributed by atoms with van der Waals surface area (Å²) in [5.74, 6) is -0.310. The van der Waals surface area contributed by atoms with Gasteiger partial charge in [0.05, 0.1) is 5.56 Å². The van der Waals surface area contributed by atoms with Crippen molar-refractivity contribution in [2.75, 3.05) is 0 Å². The molecule has 0 fully saturated rings. The smallest absolute Gasteiger partial charge is 0.340 e. The molecule has 3 nitrogen and oxygen atoms in total. The third-order valence-electron chi connectivity index (χ3n) is 4.14. The molecule has 1 atom stereocenters. The van der Waals surface area contributed by atoms with Gasteiger partial charge in [-0.3, -0.25) is 4.98 Å². The summed E-state index contributed by atoms with van der Waals surface area (Å²) >= 11 is 0. The van der Waals surface area contributed by atoms with Gasteiger partial charge in [-0.25, -0.2) is 4.79 Å². The van der Waals surface area contributed by atoms with Gasteiger partial charge in [-0.1, -0.05) is 63.4 Å². The van der Waals surface area contributed by atoms with E-state index in [4.69, 9.17) is 4.74 Å².